The summed E-state index contributed by atoms with van der Waals surface area (Å²) >= 11 is 0. The molecule has 3 fully saturated rings. The zero-order valence-electron chi connectivity index (χ0n) is 23.4. The lowest BCUT2D eigenvalue weighted by Gasteiger charge is -2.58. The molecule has 4 rings (SSSR count). The van der Waals surface area contributed by atoms with E-state index in [2.05, 4.69) is 26.8 Å². The van der Waals surface area contributed by atoms with E-state index < -0.39 is 11.6 Å². The van der Waals surface area contributed by atoms with Crippen molar-refractivity contribution in [2.24, 2.45) is 40.4 Å². The summed E-state index contributed by atoms with van der Waals surface area (Å²) in [4.78, 5) is 22.9. The Labute approximate surface area is 218 Å². The quantitative estimate of drug-likeness (QED) is 0.264. The van der Waals surface area contributed by atoms with Crippen LogP contribution in [0.2, 0.25) is 0 Å². The number of hydrogen-bond acceptors (Lipinski definition) is 4. The minimum atomic E-state index is -0.953. The van der Waals surface area contributed by atoms with Gasteiger partial charge in [0.1, 0.15) is 6.10 Å². The van der Waals surface area contributed by atoms with E-state index in [4.69, 9.17) is 9.84 Å². The van der Waals surface area contributed by atoms with Crippen LogP contribution >= 0.6 is 0 Å². The number of esters is 1. The molecule has 0 bridgehead atoms. The van der Waals surface area contributed by atoms with Crippen LogP contribution in [0.15, 0.2) is 11.6 Å². The van der Waals surface area contributed by atoms with E-state index in [1.54, 1.807) is 0 Å². The van der Waals surface area contributed by atoms with Crippen molar-refractivity contribution in [1.82, 2.24) is 0 Å². The Hall–Kier alpha value is -1.36. The molecule has 1 unspecified atom stereocenters. The molecule has 0 radical (unpaired) electrons. The normalized spacial score (nSPS) is 38.8. The van der Waals surface area contributed by atoms with Gasteiger partial charge in [-0.3, -0.25) is 9.59 Å². The Kier molecular flexibility index (Phi) is 8.01. The Balaban J connectivity index is 1.40. The topological polar surface area (TPSA) is 83.8 Å². The van der Waals surface area contributed by atoms with Gasteiger partial charge in [0.05, 0.1) is 18.4 Å². The zero-order chi connectivity index (χ0) is 26.3. The Morgan fingerprint density at radius 1 is 1.11 bits per heavy atom. The highest BCUT2D eigenvalue weighted by molar-refractivity contribution is 5.76. The van der Waals surface area contributed by atoms with Gasteiger partial charge < -0.3 is 14.9 Å². The third-order valence-electron chi connectivity index (χ3n) is 11.1. The van der Waals surface area contributed by atoms with Crippen LogP contribution in [0, 0.1) is 40.4 Å². The molecule has 36 heavy (non-hydrogen) atoms. The Morgan fingerprint density at radius 2 is 1.86 bits per heavy atom. The van der Waals surface area contributed by atoms with Crippen LogP contribution in [-0.2, 0) is 14.3 Å². The molecule has 0 amide bonds. The summed E-state index contributed by atoms with van der Waals surface area (Å²) in [6, 6.07) is 0. The monoisotopic (exact) mass is 502 g/mol. The van der Waals surface area contributed by atoms with E-state index >= 15 is 0 Å². The van der Waals surface area contributed by atoms with Crippen molar-refractivity contribution in [3.8, 4) is 0 Å². The first-order valence-corrected chi connectivity index (χ1v) is 14.7. The van der Waals surface area contributed by atoms with Gasteiger partial charge in [-0.2, -0.15) is 0 Å². The number of carboxylic acid groups (broad SMARTS) is 1. The van der Waals surface area contributed by atoms with Gasteiger partial charge >= 0.3 is 11.9 Å². The van der Waals surface area contributed by atoms with Crippen LogP contribution in [0.4, 0.5) is 0 Å². The van der Waals surface area contributed by atoms with Crippen LogP contribution in [0.25, 0.3) is 0 Å². The number of hydrogen-bond donors (Lipinski definition) is 2. The van der Waals surface area contributed by atoms with Crippen LogP contribution in [0.1, 0.15) is 118 Å². The summed E-state index contributed by atoms with van der Waals surface area (Å²) in [6.07, 6.45) is 14.7. The molecule has 2 N–H and O–H groups in total. The summed E-state index contributed by atoms with van der Waals surface area (Å²) in [5.74, 6) is 2.48. The number of carbonyl (C=O) groups is 2. The summed E-state index contributed by atoms with van der Waals surface area (Å²) in [7, 11) is 0. The van der Waals surface area contributed by atoms with E-state index in [1.165, 1.54) is 37.7 Å². The molecule has 0 aliphatic heterocycles. The number of aliphatic carboxylic acids is 1. The first-order valence-electron chi connectivity index (χ1n) is 14.7. The second kappa shape index (κ2) is 10.4. The highest BCUT2D eigenvalue weighted by Crippen LogP contribution is 2.67. The number of carbonyl (C=O) groups excluding carboxylic acids is 1. The van der Waals surface area contributed by atoms with E-state index in [-0.39, 0.29) is 30.3 Å². The number of allylic oxidation sites excluding steroid dienone is 1. The van der Waals surface area contributed by atoms with Gasteiger partial charge in [-0.1, -0.05) is 45.3 Å². The maximum atomic E-state index is 12.1. The molecule has 0 spiro atoms. The van der Waals surface area contributed by atoms with Crippen LogP contribution in [0.3, 0.4) is 0 Å². The van der Waals surface area contributed by atoms with Gasteiger partial charge in [0.25, 0.3) is 0 Å². The average Bonchev–Trinajstić information content (AvgIpc) is 3.14. The first kappa shape index (κ1) is 27.7. The molecule has 4 aliphatic carbocycles. The second-order valence-electron chi connectivity index (χ2n) is 13.9. The fourth-order valence-electron chi connectivity index (χ4n) is 9.22. The molecule has 3 saturated carbocycles. The molecule has 0 aromatic carbocycles. The van der Waals surface area contributed by atoms with Crippen molar-refractivity contribution in [1.29, 1.82) is 0 Å². The van der Waals surface area contributed by atoms with Crippen molar-refractivity contribution < 1.29 is 24.5 Å². The summed E-state index contributed by atoms with van der Waals surface area (Å²) in [5, 5.41) is 19.0. The molecular formula is C31H50O5. The third kappa shape index (κ3) is 5.56. The maximum Gasteiger partial charge on any atom is 0.306 e. The lowest BCUT2D eigenvalue weighted by atomic mass is 9.47. The highest BCUT2D eigenvalue weighted by atomic mass is 16.5. The minimum Gasteiger partial charge on any atom is -0.481 e. The minimum absolute atomic E-state index is 0.0372. The third-order valence-corrected chi connectivity index (χ3v) is 11.1. The van der Waals surface area contributed by atoms with Gasteiger partial charge in [-0.15, -0.1) is 0 Å². The van der Waals surface area contributed by atoms with Crippen LogP contribution in [-0.4, -0.2) is 33.9 Å². The van der Waals surface area contributed by atoms with Gasteiger partial charge in [0, 0.05) is 6.42 Å². The Bertz CT molecular complexity index is 856. The standard InChI is InChI=1S/C31H50O5/c1-20(7-6-16-29(2,3)35)24-10-11-25-23-9-8-21-19-22(36-28(34)13-12-27(32)33)14-17-30(21,4)26(23)15-18-31(24,25)5/h8,20,22-26,35H,6-7,9-19H2,1-5H3,(H,32,33)/t20-,22+,23+,24-,25+,26?,30+,31-/m1/s1. The highest BCUT2D eigenvalue weighted by Gasteiger charge is 2.59. The number of aliphatic hydroxyl groups is 1. The molecule has 0 saturated heterocycles. The van der Waals surface area contributed by atoms with Crippen molar-refractivity contribution in [3.63, 3.8) is 0 Å². The largest absolute Gasteiger partial charge is 0.481 e. The van der Waals surface area contributed by atoms with Crippen molar-refractivity contribution >= 4 is 11.9 Å². The Morgan fingerprint density at radius 3 is 2.56 bits per heavy atom. The van der Waals surface area contributed by atoms with E-state index in [0.717, 1.165) is 68.1 Å². The van der Waals surface area contributed by atoms with Crippen LogP contribution in [0.5, 0.6) is 0 Å². The molecule has 5 heteroatoms. The lowest BCUT2D eigenvalue weighted by molar-refractivity contribution is -0.154. The number of fused-ring (bicyclic) bond motifs is 5. The number of carboxylic acids is 1. The number of rotatable bonds is 9. The van der Waals surface area contributed by atoms with Gasteiger partial charge in [-0.25, -0.2) is 0 Å². The summed E-state index contributed by atoms with van der Waals surface area (Å²) < 4.78 is 5.69. The zero-order valence-corrected chi connectivity index (χ0v) is 23.4. The van der Waals surface area contributed by atoms with E-state index in [0.29, 0.717) is 5.41 Å². The van der Waals surface area contributed by atoms with Gasteiger partial charge in [0.15, 0.2) is 0 Å². The molecule has 204 valence electrons. The molecule has 0 heterocycles. The fraction of sp³-hybridized carbons (Fsp3) is 0.871. The lowest BCUT2D eigenvalue weighted by Crippen LogP contribution is -2.51. The van der Waals surface area contributed by atoms with Gasteiger partial charge in [0.2, 0.25) is 0 Å². The maximum absolute atomic E-state index is 12.1. The molecule has 0 aromatic rings. The summed E-state index contributed by atoms with van der Waals surface area (Å²) in [5.41, 5.74) is 1.58. The van der Waals surface area contributed by atoms with Gasteiger partial charge in [-0.05, 0) is 106 Å². The smallest absolute Gasteiger partial charge is 0.306 e. The van der Waals surface area contributed by atoms with E-state index in [9.17, 15) is 14.7 Å². The van der Waals surface area contributed by atoms with Crippen molar-refractivity contribution in [3.05, 3.63) is 11.6 Å². The molecule has 0 aromatic heterocycles. The molecule has 4 aliphatic rings. The van der Waals surface area contributed by atoms with Crippen LogP contribution < -0.4 is 0 Å². The van der Waals surface area contributed by atoms with Crippen molar-refractivity contribution in [2.45, 2.75) is 130 Å². The molecule has 5 nitrogen and oxygen atoms in total. The molecule has 8 atom stereocenters. The van der Waals surface area contributed by atoms with E-state index in [1.807, 2.05) is 13.8 Å². The second-order valence-corrected chi connectivity index (χ2v) is 13.9. The van der Waals surface area contributed by atoms with Crippen molar-refractivity contribution in [2.75, 3.05) is 0 Å². The SMILES string of the molecule is C[C@H](CCCC(C)(C)O)[C@H]1CC[C@H]2[C@@H]3CC=C4C[C@@H](OC(=O)CCC(=O)O)CC[C@]4(C)C3CC[C@]12C. The predicted octanol–water partition coefficient (Wildman–Crippen LogP) is 6.92. The predicted molar refractivity (Wildman–Crippen MR) is 141 cm³/mol. The average molecular weight is 503 g/mol. The molecular weight excluding hydrogens is 452 g/mol. The first-order chi connectivity index (χ1) is 16.8. The number of ether oxygens (including phenoxy) is 1. The fourth-order valence-corrected chi connectivity index (χ4v) is 9.22. The summed E-state index contributed by atoms with van der Waals surface area (Å²) in [6.45, 7) is 11.4.